The van der Waals surface area contributed by atoms with Crippen LogP contribution in [0.4, 0.5) is 11.4 Å². The summed E-state index contributed by atoms with van der Waals surface area (Å²) in [6.45, 7) is 4.26. The SMILES string of the molecule is CCCNC(=O)C(C)Nc1cccc(C(=O)O)c1N. The monoisotopic (exact) mass is 265 g/mol. The summed E-state index contributed by atoms with van der Waals surface area (Å²) in [5, 5.41) is 14.6. The molecule has 0 fully saturated rings. The van der Waals surface area contributed by atoms with E-state index in [1.54, 1.807) is 19.1 Å². The van der Waals surface area contributed by atoms with Crippen LogP contribution in [0.2, 0.25) is 0 Å². The quantitative estimate of drug-likeness (QED) is 0.580. The zero-order chi connectivity index (χ0) is 14.4. The minimum Gasteiger partial charge on any atom is -0.478 e. The molecule has 104 valence electrons. The molecule has 19 heavy (non-hydrogen) atoms. The molecule has 0 aliphatic carbocycles. The van der Waals surface area contributed by atoms with Crippen LogP contribution in [0, 0.1) is 0 Å². The van der Waals surface area contributed by atoms with Gasteiger partial charge in [0.05, 0.1) is 16.9 Å². The van der Waals surface area contributed by atoms with Gasteiger partial charge in [-0.3, -0.25) is 4.79 Å². The number of nitrogens with two attached hydrogens (primary N) is 1. The van der Waals surface area contributed by atoms with Crippen LogP contribution in [0.3, 0.4) is 0 Å². The summed E-state index contributed by atoms with van der Waals surface area (Å²) < 4.78 is 0. The number of amides is 1. The Labute approximate surface area is 112 Å². The van der Waals surface area contributed by atoms with Crippen molar-refractivity contribution in [2.45, 2.75) is 26.3 Å². The highest BCUT2D eigenvalue weighted by Crippen LogP contribution is 2.23. The van der Waals surface area contributed by atoms with Crippen molar-refractivity contribution in [1.82, 2.24) is 5.32 Å². The average Bonchev–Trinajstić information content (AvgIpc) is 2.37. The standard InChI is InChI=1S/C13H19N3O3/c1-3-7-15-12(17)8(2)16-10-6-4-5-9(11(10)14)13(18)19/h4-6,8,16H,3,7,14H2,1-2H3,(H,15,17)(H,18,19). The van der Waals surface area contributed by atoms with Gasteiger partial charge in [-0.25, -0.2) is 4.79 Å². The van der Waals surface area contributed by atoms with E-state index in [4.69, 9.17) is 10.8 Å². The molecule has 6 nitrogen and oxygen atoms in total. The second-order valence-corrected chi connectivity index (χ2v) is 4.23. The lowest BCUT2D eigenvalue weighted by Crippen LogP contribution is -2.38. The molecule has 0 saturated carbocycles. The Morgan fingerprint density at radius 3 is 2.68 bits per heavy atom. The van der Waals surface area contributed by atoms with Crippen LogP contribution < -0.4 is 16.4 Å². The number of carbonyl (C=O) groups excluding carboxylic acids is 1. The van der Waals surface area contributed by atoms with Crippen molar-refractivity contribution in [3.05, 3.63) is 23.8 Å². The maximum atomic E-state index is 11.7. The molecule has 6 heteroatoms. The molecule has 1 unspecified atom stereocenters. The Kier molecular flexibility index (Phi) is 5.17. The fourth-order valence-corrected chi connectivity index (χ4v) is 1.58. The zero-order valence-electron chi connectivity index (χ0n) is 11.1. The summed E-state index contributed by atoms with van der Waals surface area (Å²) in [4.78, 5) is 22.7. The number of para-hydroxylation sites is 1. The smallest absolute Gasteiger partial charge is 0.337 e. The number of nitrogen functional groups attached to an aromatic ring is 1. The fraction of sp³-hybridized carbons (Fsp3) is 0.385. The van der Waals surface area contributed by atoms with Crippen molar-refractivity contribution >= 4 is 23.3 Å². The van der Waals surface area contributed by atoms with Gasteiger partial charge in [0.1, 0.15) is 6.04 Å². The van der Waals surface area contributed by atoms with Gasteiger partial charge in [0.15, 0.2) is 0 Å². The molecule has 0 spiro atoms. The van der Waals surface area contributed by atoms with Crippen molar-refractivity contribution in [3.8, 4) is 0 Å². The van der Waals surface area contributed by atoms with E-state index >= 15 is 0 Å². The third-order valence-corrected chi connectivity index (χ3v) is 2.65. The highest BCUT2D eigenvalue weighted by Gasteiger charge is 2.16. The lowest BCUT2D eigenvalue weighted by molar-refractivity contribution is -0.121. The van der Waals surface area contributed by atoms with Crippen molar-refractivity contribution in [1.29, 1.82) is 0 Å². The van der Waals surface area contributed by atoms with Gasteiger partial charge in [0.25, 0.3) is 0 Å². The molecular weight excluding hydrogens is 246 g/mol. The summed E-state index contributed by atoms with van der Waals surface area (Å²) in [6.07, 6.45) is 0.856. The summed E-state index contributed by atoms with van der Waals surface area (Å²) in [7, 11) is 0. The molecule has 0 bridgehead atoms. The normalized spacial score (nSPS) is 11.7. The maximum Gasteiger partial charge on any atom is 0.337 e. The molecule has 1 amide bonds. The van der Waals surface area contributed by atoms with Crippen LogP contribution in [-0.4, -0.2) is 29.6 Å². The first kappa shape index (κ1) is 14.8. The van der Waals surface area contributed by atoms with E-state index in [-0.39, 0.29) is 17.2 Å². The second-order valence-electron chi connectivity index (χ2n) is 4.23. The van der Waals surface area contributed by atoms with E-state index in [9.17, 15) is 9.59 Å². The largest absolute Gasteiger partial charge is 0.478 e. The molecule has 0 aliphatic rings. The van der Waals surface area contributed by atoms with Crippen LogP contribution in [0.25, 0.3) is 0 Å². The second kappa shape index (κ2) is 6.63. The van der Waals surface area contributed by atoms with Crippen LogP contribution in [0.1, 0.15) is 30.6 Å². The molecular formula is C13H19N3O3. The number of carbonyl (C=O) groups is 2. The van der Waals surface area contributed by atoms with Crippen LogP contribution in [0.5, 0.6) is 0 Å². The van der Waals surface area contributed by atoms with E-state index < -0.39 is 12.0 Å². The number of aromatic carboxylic acids is 1. The topological polar surface area (TPSA) is 104 Å². The minimum atomic E-state index is -1.09. The molecule has 0 aliphatic heterocycles. The Hall–Kier alpha value is -2.24. The summed E-state index contributed by atoms with van der Waals surface area (Å²) in [5.74, 6) is -1.24. The van der Waals surface area contributed by atoms with Crippen LogP contribution in [-0.2, 0) is 4.79 Å². The van der Waals surface area contributed by atoms with Gasteiger partial charge in [0, 0.05) is 6.54 Å². The fourth-order valence-electron chi connectivity index (χ4n) is 1.58. The van der Waals surface area contributed by atoms with E-state index in [1.807, 2.05) is 6.92 Å². The van der Waals surface area contributed by atoms with Gasteiger partial charge in [-0.1, -0.05) is 13.0 Å². The molecule has 1 rings (SSSR count). The Morgan fingerprint density at radius 1 is 1.42 bits per heavy atom. The number of rotatable bonds is 6. The molecule has 0 heterocycles. The first-order chi connectivity index (χ1) is 8.97. The van der Waals surface area contributed by atoms with E-state index in [2.05, 4.69) is 10.6 Å². The Bertz CT molecular complexity index is 474. The van der Waals surface area contributed by atoms with Gasteiger partial charge in [0.2, 0.25) is 5.91 Å². The van der Waals surface area contributed by atoms with E-state index in [0.29, 0.717) is 12.2 Å². The predicted molar refractivity (Wildman–Crippen MR) is 74.2 cm³/mol. The molecule has 5 N–H and O–H groups in total. The maximum absolute atomic E-state index is 11.7. The van der Waals surface area contributed by atoms with Crippen LogP contribution in [0.15, 0.2) is 18.2 Å². The highest BCUT2D eigenvalue weighted by molar-refractivity contribution is 5.97. The number of benzene rings is 1. The zero-order valence-corrected chi connectivity index (χ0v) is 11.1. The van der Waals surface area contributed by atoms with Crippen molar-refractivity contribution in [3.63, 3.8) is 0 Å². The first-order valence-corrected chi connectivity index (χ1v) is 6.13. The van der Waals surface area contributed by atoms with E-state index in [1.165, 1.54) is 6.07 Å². The van der Waals surface area contributed by atoms with Crippen LogP contribution >= 0.6 is 0 Å². The molecule has 0 aromatic heterocycles. The number of nitrogens with one attached hydrogen (secondary N) is 2. The lowest BCUT2D eigenvalue weighted by atomic mass is 10.1. The van der Waals surface area contributed by atoms with Gasteiger partial charge >= 0.3 is 5.97 Å². The summed E-state index contributed by atoms with van der Waals surface area (Å²) in [5.41, 5.74) is 6.35. The van der Waals surface area contributed by atoms with Gasteiger partial charge < -0.3 is 21.5 Å². The van der Waals surface area contributed by atoms with Crippen molar-refractivity contribution in [2.75, 3.05) is 17.6 Å². The predicted octanol–water partition coefficient (Wildman–Crippen LogP) is 1.29. The average molecular weight is 265 g/mol. The van der Waals surface area contributed by atoms with Gasteiger partial charge in [-0.2, -0.15) is 0 Å². The number of hydrogen-bond acceptors (Lipinski definition) is 4. The number of anilines is 2. The number of carboxylic acids is 1. The molecule has 0 radical (unpaired) electrons. The molecule has 1 atom stereocenters. The molecule has 0 saturated heterocycles. The first-order valence-electron chi connectivity index (χ1n) is 6.13. The highest BCUT2D eigenvalue weighted by atomic mass is 16.4. The van der Waals surface area contributed by atoms with Gasteiger partial charge in [-0.05, 0) is 25.5 Å². The Balaban J connectivity index is 2.79. The number of carboxylic acid groups (broad SMARTS) is 1. The molecule has 1 aromatic rings. The third-order valence-electron chi connectivity index (χ3n) is 2.65. The van der Waals surface area contributed by atoms with Crippen molar-refractivity contribution < 1.29 is 14.7 Å². The van der Waals surface area contributed by atoms with Gasteiger partial charge in [-0.15, -0.1) is 0 Å². The Morgan fingerprint density at radius 2 is 2.11 bits per heavy atom. The molecule has 1 aromatic carbocycles. The third kappa shape index (κ3) is 3.87. The van der Waals surface area contributed by atoms with E-state index in [0.717, 1.165) is 6.42 Å². The number of hydrogen-bond donors (Lipinski definition) is 4. The summed E-state index contributed by atoms with van der Waals surface area (Å²) in [6, 6.07) is 4.16. The summed E-state index contributed by atoms with van der Waals surface area (Å²) >= 11 is 0. The van der Waals surface area contributed by atoms with Crippen molar-refractivity contribution in [2.24, 2.45) is 0 Å². The lowest BCUT2D eigenvalue weighted by Gasteiger charge is -2.17. The minimum absolute atomic E-state index is 0.0196.